The van der Waals surface area contributed by atoms with Crippen LogP contribution in [0.15, 0.2) is 11.6 Å². The van der Waals surface area contributed by atoms with Crippen molar-refractivity contribution in [1.82, 2.24) is 0 Å². The van der Waals surface area contributed by atoms with E-state index in [4.69, 9.17) is 9.47 Å². The van der Waals surface area contributed by atoms with Crippen LogP contribution in [0.4, 0.5) is 0 Å². The van der Waals surface area contributed by atoms with Crippen molar-refractivity contribution in [2.24, 2.45) is 23.7 Å². The molecule has 21 heavy (non-hydrogen) atoms. The van der Waals surface area contributed by atoms with Crippen molar-refractivity contribution in [3.05, 3.63) is 11.6 Å². The maximum Gasteiger partial charge on any atom is 0.317 e. The Hall–Kier alpha value is -1.32. The van der Waals surface area contributed by atoms with Crippen LogP contribution in [0.1, 0.15) is 47.0 Å². The number of carbonyl (C=O) groups excluding carboxylic acids is 2. The molecule has 0 aromatic rings. The molecule has 0 unspecified atom stereocenters. The molecule has 4 nitrogen and oxygen atoms in total. The summed E-state index contributed by atoms with van der Waals surface area (Å²) in [5.41, 5.74) is 0.861. The normalized spacial score (nSPS) is 31.6. The number of rotatable bonds is 5. The summed E-state index contributed by atoms with van der Waals surface area (Å²) in [5.74, 6) is 0.835. The first-order valence-electron chi connectivity index (χ1n) is 7.93. The van der Waals surface area contributed by atoms with E-state index in [0.717, 1.165) is 18.4 Å². The average molecular weight is 294 g/mol. The Kier molecular flexibility index (Phi) is 5.07. The van der Waals surface area contributed by atoms with Crippen LogP contribution in [0.25, 0.3) is 0 Å². The van der Waals surface area contributed by atoms with Crippen LogP contribution in [0, 0.1) is 23.7 Å². The molecule has 1 fully saturated rings. The number of carbonyl (C=O) groups is 2. The van der Waals surface area contributed by atoms with E-state index in [0.29, 0.717) is 17.8 Å². The van der Waals surface area contributed by atoms with Crippen molar-refractivity contribution >= 4 is 11.9 Å². The SMILES string of the molecule is CC(=O)OCC1=C[C@@H]1C(=O)O[C@@H]1C[C@H](C)CC[C@H]1C(C)C. The lowest BCUT2D eigenvalue weighted by atomic mass is 9.75. The first-order chi connectivity index (χ1) is 9.88. The predicted molar refractivity (Wildman–Crippen MR) is 79.4 cm³/mol. The Labute approximate surface area is 126 Å². The molecule has 0 spiro atoms. The van der Waals surface area contributed by atoms with Gasteiger partial charge in [0.2, 0.25) is 0 Å². The fourth-order valence-corrected chi connectivity index (χ4v) is 3.18. The number of ether oxygens (including phenoxy) is 2. The van der Waals surface area contributed by atoms with Gasteiger partial charge in [0.1, 0.15) is 12.7 Å². The first kappa shape index (κ1) is 16.1. The third-order valence-electron chi connectivity index (χ3n) is 4.60. The Morgan fingerprint density at radius 1 is 1.33 bits per heavy atom. The minimum absolute atomic E-state index is 0.0326. The summed E-state index contributed by atoms with van der Waals surface area (Å²) >= 11 is 0. The fraction of sp³-hybridized carbons (Fsp3) is 0.765. The van der Waals surface area contributed by atoms with E-state index in [2.05, 4.69) is 20.8 Å². The largest absolute Gasteiger partial charge is 0.461 e. The van der Waals surface area contributed by atoms with Crippen LogP contribution < -0.4 is 0 Å². The van der Waals surface area contributed by atoms with Crippen molar-refractivity contribution in [3.8, 4) is 0 Å². The smallest absolute Gasteiger partial charge is 0.317 e. The quantitative estimate of drug-likeness (QED) is 0.577. The topological polar surface area (TPSA) is 52.6 Å². The zero-order valence-electron chi connectivity index (χ0n) is 13.4. The predicted octanol–water partition coefficient (Wildman–Crippen LogP) is 3.11. The molecule has 0 heterocycles. The van der Waals surface area contributed by atoms with Crippen LogP contribution in [0.2, 0.25) is 0 Å². The highest BCUT2D eigenvalue weighted by molar-refractivity contribution is 5.83. The van der Waals surface area contributed by atoms with Crippen molar-refractivity contribution in [2.75, 3.05) is 6.61 Å². The van der Waals surface area contributed by atoms with E-state index in [9.17, 15) is 9.59 Å². The van der Waals surface area contributed by atoms with Gasteiger partial charge in [-0.05, 0) is 36.2 Å². The third-order valence-corrected chi connectivity index (χ3v) is 4.60. The van der Waals surface area contributed by atoms with Gasteiger partial charge in [-0.2, -0.15) is 0 Å². The van der Waals surface area contributed by atoms with Gasteiger partial charge in [-0.15, -0.1) is 0 Å². The van der Waals surface area contributed by atoms with E-state index in [1.165, 1.54) is 13.3 Å². The first-order valence-corrected chi connectivity index (χ1v) is 7.93. The van der Waals surface area contributed by atoms with Gasteiger partial charge in [0, 0.05) is 6.92 Å². The van der Waals surface area contributed by atoms with Crippen LogP contribution in [-0.4, -0.2) is 24.6 Å². The molecule has 1 saturated carbocycles. The van der Waals surface area contributed by atoms with E-state index in [-0.39, 0.29) is 30.6 Å². The van der Waals surface area contributed by atoms with Gasteiger partial charge in [0.15, 0.2) is 0 Å². The molecule has 4 heteroatoms. The van der Waals surface area contributed by atoms with Crippen molar-refractivity contribution in [3.63, 3.8) is 0 Å². The highest BCUT2D eigenvalue weighted by atomic mass is 16.5. The van der Waals surface area contributed by atoms with Gasteiger partial charge in [-0.1, -0.05) is 33.3 Å². The molecule has 0 radical (unpaired) electrons. The van der Waals surface area contributed by atoms with Crippen LogP contribution in [0.5, 0.6) is 0 Å². The summed E-state index contributed by atoms with van der Waals surface area (Å²) in [4.78, 5) is 22.9. The molecule has 0 saturated heterocycles. The van der Waals surface area contributed by atoms with E-state index < -0.39 is 0 Å². The molecular weight excluding hydrogens is 268 g/mol. The maximum atomic E-state index is 12.2. The molecule has 4 atom stereocenters. The Morgan fingerprint density at radius 2 is 2.05 bits per heavy atom. The zero-order chi connectivity index (χ0) is 15.6. The standard InChI is InChI=1S/C17H26O4/c1-10(2)14-6-5-11(3)7-16(14)21-17(19)15-8-13(15)9-20-12(4)18/h8,10-11,14-16H,5-7,9H2,1-4H3/t11-,14+,15+,16-/m1/s1. The van der Waals surface area contributed by atoms with Gasteiger partial charge in [0.05, 0.1) is 5.92 Å². The Balaban J connectivity index is 1.83. The minimum atomic E-state index is -0.323. The molecule has 0 N–H and O–H groups in total. The highest BCUT2D eigenvalue weighted by Gasteiger charge is 2.39. The summed E-state index contributed by atoms with van der Waals surface area (Å²) in [6.45, 7) is 8.20. The number of hydrogen-bond donors (Lipinski definition) is 0. The van der Waals surface area contributed by atoms with Gasteiger partial charge in [-0.3, -0.25) is 9.59 Å². The molecule has 0 aromatic heterocycles. The number of hydrogen-bond acceptors (Lipinski definition) is 4. The Morgan fingerprint density at radius 3 is 2.67 bits per heavy atom. The lowest BCUT2D eigenvalue weighted by molar-refractivity contribution is -0.157. The molecule has 0 aliphatic heterocycles. The maximum absolute atomic E-state index is 12.2. The second kappa shape index (κ2) is 6.63. The molecule has 118 valence electrons. The lowest BCUT2D eigenvalue weighted by Crippen LogP contribution is -2.36. The molecule has 0 amide bonds. The summed E-state index contributed by atoms with van der Waals surface area (Å²) in [6.07, 6.45) is 5.17. The van der Waals surface area contributed by atoms with Crippen molar-refractivity contribution in [2.45, 2.75) is 53.1 Å². The minimum Gasteiger partial charge on any atom is -0.461 e. The summed E-state index contributed by atoms with van der Waals surface area (Å²) in [5, 5.41) is 0. The van der Waals surface area contributed by atoms with Crippen LogP contribution in [0.3, 0.4) is 0 Å². The second-order valence-corrected chi connectivity index (χ2v) is 6.80. The summed E-state index contributed by atoms with van der Waals surface area (Å²) < 4.78 is 10.7. The number of esters is 2. The van der Waals surface area contributed by atoms with E-state index in [1.807, 2.05) is 6.08 Å². The van der Waals surface area contributed by atoms with E-state index in [1.54, 1.807) is 0 Å². The van der Waals surface area contributed by atoms with Gasteiger partial charge in [0.25, 0.3) is 0 Å². The molecule has 0 aromatic carbocycles. The lowest BCUT2D eigenvalue weighted by Gasteiger charge is -2.36. The van der Waals surface area contributed by atoms with Crippen LogP contribution >= 0.6 is 0 Å². The molecular formula is C17H26O4. The molecule has 2 aliphatic rings. The van der Waals surface area contributed by atoms with Crippen molar-refractivity contribution < 1.29 is 19.1 Å². The van der Waals surface area contributed by atoms with Gasteiger partial charge in [-0.25, -0.2) is 0 Å². The van der Waals surface area contributed by atoms with E-state index >= 15 is 0 Å². The van der Waals surface area contributed by atoms with Crippen LogP contribution in [-0.2, 0) is 19.1 Å². The van der Waals surface area contributed by atoms with Gasteiger partial charge >= 0.3 is 11.9 Å². The summed E-state index contributed by atoms with van der Waals surface area (Å²) in [7, 11) is 0. The highest BCUT2D eigenvalue weighted by Crippen LogP contribution is 2.37. The fourth-order valence-electron chi connectivity index (χ4n) is 3.18. The molecule has 2 rings (SSSR count). The van der Waals surface area contributed by atoms with Gasteiger partial charge < -0.3 is 9.47 Å². The molecule has 2 aliphatic carbocycles. The second-order valence-electron chi connectivity index (χ2n) is 6.80. The third kappa shape index (κ3) is 4.32. The molecule has 0 bridgehead atoms. The summed E-state index contributed by atoms with van der Waals surface area (Å²) in [6, 6.07) is 0. The monoisotopic (exact) mass is 294 g/mol. The van der Waals surface area contributed by atoms with Crippen molar-refractivity contribution in [1.29, 1.82) is 0 Å². The zero-order valence-corrected chi connectivity index (χ0v) is 13.4. The average Bonchev–Trinajstić information content (AvgIpc) is 3.15. The Bertz CT molecular complexity index is 438.